The van der Waals surface area contributed by atoms with Crippen molar-refractivity contribution in [1.29, 1.82) is 0 Å². The van der Waals surface area contributed by atoms with Gasteiger partial charge in [0.1, 0.15) is 0 Å². The highest BCUT2D eigenvalue weighted by Crippen LogP contribution is 2.26. The van der Waals surface area contributed by atoms with Gasteiger partial charge in [-0.2, -0.15) is 0 Å². The third-order valence-corrected chi connectivity index (χ3v) is 4.24. The van der Waals surface area contributed by atoms with Crippen LogP contribution < -0.4 is 5.32 Å². The number of anilines is 1. The standard InChI is InChI=1S/C15H23N3O2/c1-3-17-9-7-13(8-10-17)11-16-14-5-4-6-15(12(14)2)18(19)20/h4-6,13,16H,3,7-11H2,1-2H3. The zero-order valence-electron chi connectivity index (χ0n) is 12.3. The molecule has 1 fully saturated rings. The molecule has 0 aromatic heterocycles. The van der Waals surface area contributed by atoms with Crippen molar-refractivity contribution in [3.63, 3.8) is 0 Å². The molecular formula is C15H23N3O2. The first-order valence-electron chi connectivity index (χ1n) is 7.32. The van der Waals surface area contributed by atoms with Crippen molar-refractivity contribution in [2.45, 2.75) is 26.7 Å². The first-order chi connectivity index (χ1) is 9.61. The molecule has 0 bridgehead atoms. The molecule has 5 heteroatoms. The fourth-order valence-corrected chi connectivity index (χ4v) is 2.77. The Labute approximate surface area is 120 Å². The van der Waals surface area contributed by atoms with Crippen LogP contribution in [0.3, 0.4) is 0 Å². The predicted octanol–water partition coefficient (Wildman–Crippen LogP) is 3.05. The maximum absolute atomic E-state index is 10.9. The molecule has 5 nitrogen and oxygen atoms in total. The van der Waals surface area contributed by atoms with Crippen LogP contribution in [0.1, 0.15) is 25.3 Å². The number of nitrogens with one attached hydrogen (secondary N) is 1. The molecule has 0 atom stereocenters. The Bertz CT molecular complexity index is 468. The van der Waals surface area contributed by atoms with E-state index in [-0.39, 0.29) is 10.6 Å². The molecule has 0 amide bonds. The van der Waals surface area contributed by atoms with E-state index in [0.717, 1.165) is 37.4 Å². The number of likely N-dealkylation sites (tertiary alicyclic amines) is 1. The first-order valence-corrected chi connectivity index (χ1v) is 7.32. The van der Waals surface area contributed by atoms with Crippen LogP contribution in [0.2, 0.25) is 0 Å². The molecule has 110 valence electrons. The zero-order valence-corrected chi connectivity index (χ0v) is 12.3. The highest BCUT2D eigenvalue weighted by Gasteiger charge is 2.19. The molecule has 2 rings (SSSR count). The average Bonchev–Trinajstić information content (AvgIpc) is 2.46. The lowest BCUT2D eigenvalue weighted by Gasteiger charge is -2.31. The Morgan fingerprint density at radius 1 is 1.40 bits per heavy atom. The summed E-state index contributed by atoms with van der Waals surface area (Å²) in [5, 5.41) is 14.3. The molecule has 1 saturated heterocycles. The molecule has 1 aliphatic heterocycles. The van der Waals surface area contributed by atoms with Gasteiger partial charge in [-0.05, 0) is 51.4 Å². The Hall–Kier alpha value is -1.62. The maximum atomic E-state index is 10.9. The Balaban J connectivity index is 1.92. The molecule has 0 aliphatic carbocycles. The van der Waals surface area contributed by atoms with Crippen LogP contribution in [0, 0.1) is 23.0 Å². The second kappa shape index (κ2) is 6.70. The quantitative estimate of drug-likeness (QED) is 0.664. The summed E-state index contributed by atoms with van der Waals surface area (Å²) in [6.07, 6.45) is 2.41. The van der Waals surface area contributed by atoms with Crippen molar-refractivity contribution in [2.75, 3.05) is 31.5 Å². The summed E-state index contributed by atoms with van der Waals surface area (Å²) in [5.41, 5.74) is 1.80. The molecule has 1 heterocycles. The van der Waals surface area contributed by atoms with E-state index < -0.39 is 0 Å². The monoisotopic (exact) mass is 277 g/mol. The van der Waals surface area contributed by atoms with Crippen molar-refractivity contribution in [2.24, 2.45) is 5.92 Å². The lowest BCUT2D eigenvalue weighted by molar-refractivity contribution is -0.385. The third kappa shape index (κ3) is 3.48. The molecule has 0 spiro atoms. The van der Waals surface area contributed by atoms with E-state index in [1.54, 1.807) is 19.1 Å². The van der Waals surface area contributed by atoms with Gasteiger partial charge in [-0.1, -0.05) is 13.0 Å². The Morgan fingerprint density at radius 3 is 2.70 bits per heavy atom. The number of rotatable bonds is 5. The molecule has 1 aromatic rings. The van der Waals surface area contributed by atoms with Crippen molar-refractivity contribution in [3.05, 3.63) is 33.9 Å². The van der Waals surface area contributed by atoms with Crippen LogP contribution in [0.15, 0.2) is 18.2 Å². The SMILES string of the molecule is CCN1CCC(CNc2cccc([N+](=O)[O-])c2C)CC1. The van der Waals surface area contributed by atoms with Gasteiger partial charge in [0, 0.05) is 23.9 Å². The maximum Gasteiger partial charge on any atom is 0.274 e. The Morgan fingerprint density at radius 2 is 2.10 bits per heavy atom. The van der Waals surface area contributed by atoms with Gasteiger partial charge in [-0.25, -0.2) is 0 Å². The molecule has 1 aromatic carbocycles. The van der Waals surface area contributed by atoms with E-state index in [9.17, 15) is 10.1 Å². The van der Waals surface area contributed by atoms with E-state index >= 15 is 0 Å². The van der Waals surface area contributed by atoms with Gasteiger partial charge < -0.3 is 10.2 Å². The summed E-state index contributed by atoms with van der Waals surface area (Å²) in [6, 6.07) is 5.22. The molecule has 1 aliphatic rings. The molecule has 20 heavy (non-hydrogen) atoms. The van der Waals surface area contributed by atoms with Gasteiger partial charge in [-0.3, -0.25) is 10.1 Å². The molecule has 0 unspecified atom stereocenters. The van der Waals surface area contributed by atoms with E-state index in [2.05, 4.69) is 17.1 Å². The summed E-state index contributed by atoms with van der Waals surface area (Å²) in [5.74, 6) is 0.663. The summed E-state index contributed by atoms with van der Waals surface area (Å²) >= 11 is 0. The van der Waals surface area contributed by atoms with Gasteiger partial charge in [0.05, 0.1) is 4.92 Å². The molecule has 1 N–H and O–H groups in total. The smallest absolute Gasteiger partial charge is 0.274 e. The van der Waals surface area contributed by atoms with Crippen LogP contribution in [0.25, 0.3) is 0 Å². The fourth-order valence-electron chi connectivity index (χ4n) is 2.77. The Kier molecular flexibility index (Phi) is 4.95. The topological polar surface area (TPSA) is 58.4 Å². The minimum Gasteiger partial charge on any atom is -0.384 e. The molecule has 0 saturated carbocycles. The van der Waals surface area contributed by atoms with Crippen LogP contribution in [0.5, 0.6) is 0 Å². The van der Waals surface area contributed by atoms with Crippen LogP contribution in [-0.4, -0.2) is 36.0 Å². The van der Waals surface area contributed by atoms with Crippen LogP contribution in [-0.2, 0) is 0 Å². The first kappa shape index (κ1) is 14.8. The minimum absolute atomic E-state index is 0.191. The van der Waals surface area contributed by atoms with Crippen molar-refractivity contribution in [1.82, 2.24) is 4.90 Å². The highest BCUT2D eigenvalue weighted by atomic mass is 16.6. The summed E-state index contributed by atoms with van der Waals surface area (Å²) in [4.78, 5) is 13.1. The number of hydrogen-bond acceptors (Lipinski definition) is 4. The van der Waals surface area contributed by atoms with E-state index in [1.165, 1.54) is 12.8 Å². The van der Waals surface area contributed by atoms with Gasteiger partial charge in [0.15, 0.2) is 0 Å². The van der Waals surface area contributed by atoms with Crippen LogP contribution >= 0.6 is 0 Å². The van der Waals surface area contributed by atoms with Crippen molar-refractivity contribution >= 4 is 11.4 Å². The third-order valence-electron chi connectivity index (χ3n) is 4.24. The number of hydrogen-bond donors (Lipinski definition) is 1. The normalized spacial score (nSPS) is 17.1. The van der Waals surface area contributed by atoms with E-state index in [0.29, 0.717) is 5.92 Å². The minimum atomic E-state index is -0.319. The largest absolute Gasteiger partial charge is 0.384 e. The molecule has 0 radical (unpaired) electrons. The van der Waals surface area contributed by atoms with E-state index in [1.807, 2.05) is 6.07 Å². The second-order valence-corrected chi connectivity index (χ2v) is 5.47. The molecular weight excluding hydrogens is 254 g/mol. The van der Waals surface area contributed by atoms with Gasteiger partial charge in [0.2, 0.25) is 0 Å². The van der Waals surface area contributed by atoms with Gasteiger partial charge >= 0.3 is 0 Å². The summed E-state index contributed by atoms with van der Waals surface area (Å²) in [6.45, 7) is 8.36. The lowest BCUT2D eigenvalue weighted by atomic mass is 9.96. The number of nitro benzene ring substituents is 1. The number of piperidine rings is 1. The van der Waals surface area contributed by atoms with Crippen LogP contribution in [0.4, 0.5) is 11.4 Å². The zero-order chi connectivity index (χ0) is 14.5. The fraction of sp³-hybridized carbons (Fsp3) is 0.600. The summed E-state index contributed by atoms with van der Waals surface area (Å²) in [7, 11) is 0. The average molecular weight is 277 g/mol. The summed E-state index contributed by atoms with van der Waals surface area (Å²) < 4.78 is 0. The van der Waals surface area contributed by atoms with E-state index in [4.69, 9.17) is 0 Å². The van der Waals surface area contributed by atoms with Gasteiger partial charge in [-0.15, -0.1) is 0 Å². The highest BCUT2D eigenvalue weighted by molar-refractivity contribution is 5.59. The lowest BCUT2D eigenvalue weighted by Crippen LogP contribution is -2.35. The number of nitro groups is 1. The van der Waals surface area contributed by atoms with Crippen molar-refractivity contribution in [3.8, 4) is 0 Å². The number of nitrogens with zero attached hydrogens (tertiary/aromatic N) is 2. The predicted molar refractivity (Wildman–Crippen MR) is 81.2 cm³/mol. The number of benzene rings is 1. The van der Waals surface area contributed by atoms with Crippen molar-refractivity contribution < 1.29 is 4.92 Å². The second-order valence-electron chi connectivity index (χ2n) is 5.47. The van der Waals surface area contributed by atoms with Gasteiger partial charge in [0.25, 0.3) is 5.69 Å².